The van der Waals surface area contributed by atoms with E-state index in [4.69, 9.17) is 17.3 Å². The van der Waals surface area contributed by atoms with Crippen molar-refractivity contribution in [3.63, 3.8) is 0 Å². The number of nitrogen functional groups attached to an aromatic ring is 1. The third-order valence-electron chi connectivity index (χ3n) is 3.49. The number of halogens is 1. The van der Waals surface area contributed by atoms with Crippen LogP contribution >= 0.6 is 11.6 Å². The summed E-state index contributed by atoms with van der Waals surface area (Å²) in [5, 5.41) is 17.7. The van der Waals surface area contributed by atoms with Gasteiger partial charge >= 0.3 is 7.05 Å². The zero-order chi connectivity index (χ0) is 17.2. The lowest BCUT2D eigenvalue weighted by Gasteiger charge is -2.20. The standard InChI is InChI=1S/C16H24BClN4O/c1-16(2,3)22-15(19)10-13(21-22)6-5-11-9-12(20-17(4)23)7-8-14(11)18/h7-10,20,23H,5-6,19H2,1-4H3. The SMILES string of the molecule is CB(O)Nc1ccc(Cl)c(CCc2cc(N)n(C(C)(C)C)n2)c1. The fraction of sp³-hybridized carbons (Fsp3) is 0.438. The molecule has 0 saturated carbocycles. The van der Waals surface area contributed by atoms with E-state index in [1.54, 1.807) is 6.82 Å². The highest BCUT2D eigenvalue weighted by atomic mass is 35.5. The van der Waals surface area contributed by atoms with E-state index in [-0.39, 0.29) is 5.54 Å². The maximum absolute atomic E-state index is 9.41. The van der Waals surface area contributed by atoms with Crippen LogP contribution in [0.5, 0.6) is 0 Å². The van der Waals surface area contributed by atoms with E-state index in [1.165, 1.54) is 0 Å². The molecule has 1 aromatic heterocycles. The van der Waals surface area contributed by atoms with Gasteiger partial charge in [0.25, 0.3) is 0 Å². The molecule has 2 rings (SSSR count). The molecule has 0 spiro atoms. The molecular formula is C16H24BClN4O. The summed E-state index contributed by atoms with van der Waals surface area (Å²) in [6, 6.07) is 7.56. The summed E-state index contributed by atoms with van der Waals surface area (Å²) < 4.78 is 1.84. The number of rotatable bonds is 5. The Bertz CT molecular complexity index is 679. The highest BCUT2D eigenvalue weighted by molar-refractivity contribution is 6.52. The molecule has 5 nitrogen and oxygen atoms in total. The van der Waals surface area contributed by atoms with Gasteiger partial charge in [0, 0.05) is 16.8 Å². The first-order chi connectivity index (χ1) is 10.7. The molecule has 0 fully saturated rings. The van der Waals surface area contributed by atoms with Crippen LogP contribution in [0.4, 0.5) is 11.5 Å². The molecule has 0 amide bonds. The molecule has 124 valence electrons. The normalized spacial score (nSPS) is 11.6. The molecule has 0 aliphatic carbocycles. The van der Waals surface area contributed by atoms with Crippen molar-refractivity contribution in [1.82, 2.24) is 9.78 Å². The van der Waals surface area contributed by atoms with Gasteiger partial charge in [0.05, 0.1) is 11.2 Å². The lowest BCUT2D eigenvalue weighted by molar-refractivity contribution is 0.359. The number of nitrogens with two attached hydrogens (primary N) is 1. The molecule has 0 saturated heterocycles. The van der Waals surface area contributed by atoms with Crippen molar-refractivity contribution >= 4 is 30.2 Å². The minimum absolute atomic E-state index is 0.138. The predicted molar refractivity (Wildman–Crippen MR) is 98.0 cm³/mol. The predicted octanol–water partition coefficient (Wildman–Crippen LogP) is 3.18. The van der Waals surface area contributed by atoms with Gasteiger partial charge in [-0.05, 0) is 64.2 Å². The van der Waals surface area contributed by atoms with Crippen LogP contribution in [0.2, 0.25) is 11.8 Å². The molecule has 0 unspecified atom stereocenters. The number of hydrogen-bond acceptors (Lipinski definition) is 4. The number of anilines is 2. The molecule has 0 aliphatic rings. The second-order valence-electron chi connectivity index (χ2n) is 6.77. The number of aryl methyl sites for hydroxylation is 2. The summed E-state index contributed by atoms with van der Waals surface area (Å²) in [5.74, 6) is 0.670. The van der Waals surface area contributed by atoms with Crippen LogP contribution in [0, 0.1) is 0 Å². The van der Waals surface area contributed by atoms with E-state index >= 15 is 0 Å². The van der Waals surface area contributed by atoms with Gasteiger partial charge in [0.15, 0.2) is 0 Å². The zero-order valence-electron chi connectivity index (χ0n) is 14.1. The smallest absolute Gasteiger partial charge is 0.406 e. The van der Waals surface area contributed by atoms with Crippen LogP contribution in [0.1, 0.15) is 32.0 Å². The quantitative estimate of drug-likeness (QED) is 0.734. The lowest BCUT2D eigenvalue weighted by Crippen LogP contribution is -2.24. The Hall–Kier alpha value is -1.66. The average molecular weight is 335 g/mol. The van der Waals surface area contributed by atoms with Crippen LogP contribution in [-0.2, 0) is 18.4 Å². The van der Waals surface area contributed by atoms with Gasteiger partial charge in [-0.2, -0.15) is 5.10 Å². The highest BCUT2D eigenvalue weighted by Crippen LogP contribution is 2.24. The topological polar surface area (TPSA) is 76.1 Å². The Morgan fingerprint density at radius 2 is 2.00 bits per heavy atom. The van der Waals surface area contributed by atoms with Crippen molar-refractivity contribution in [2.45, 2.75) is 46.0 Å². The molecule has 1 aromatic carbocycles. The summed E-state index contributed by atoms with van der Waals surface area (Å²) in [7, 11) is -0.605. The van der Waals surface area contributed by atoms with Gasteiger partial charge in [0.1, 0.15) is 5.82 Å². The molecule has 23 heavy (non-hydrogen) atoms. The lowest BCUT2D eigenvalue weighted by atomic mass is 9.88. The van der Waals surface area contributed by atoms with Gasteiger partial charge in [0.2, 0.25) is 0 Å². The van der Waals surface area contributed by atoms with E-state index in [9.17, 15) is 5.02 Å². The van der Waals surface area contributed by atoms with Crippen molar-refractivity contribution in [3.05, 3.63) is 40.5 Å². The molecular weight excluding hydrogens is 310 g/mol. The van der Waals surface area contributed by atoms with Crippen molar-refractivity contribution in [3.8, 4) is 0 Å². The first-order valence-electron chi connectivity index (χ1n) is 7.75. The third-order valence-corrected chi connectivity index (χ3v) is 3.86. The van der Waals surface area contributed by atoms with E-state index in [1.807, 2.05) is 28.9 Å². The monoisotopic (exact) mass is 334 g/mol. The largest absolute Gasteiger partial charge is 0.433 e. The van der Waals surface area contributed by atoms with E-state index in [0.29, 0.717) is 10.8 Å². The number of hydrogen-bond donors (Lipinski definition) is 3. The van der Waals surface area contributed by atoms with Crippen LogP contribution in [-0.4, -0.2) is 21.9 Å². The Kier molecular flexibility index (Phi) is 5.27. The van der Waals surface area contributed by atoms with Gasteiger partial charge < -0.3 is 16.0 Å². The van der Waals surface area contributed by atoms with Crippen molar-refractivity contribution in [2.75, 3.05) is 11.0 Å². The van der Waals surface area contributed by atoms with Gasteiger partial charge in [-0.1, -0.05) is 11.6 Å². The number of aromatic nitrogens is 2. The minimum atomic E-state index is -0.605. The van der Waals surface area contributed by atoms with Gasteiger partial charge in [-0.15, -0.1) is 0 Å². The molecule has 1 heterocycles. The Morgan fingerprint density at radius 1 is 1.30 bits per heavy atom. The Morgan fingerprint density at radius 3 is 2.57 bits per heavy atom. The molecule has 0 bridgehead atoms. The number of nitrogens with zero attached hydrogens (tertiary/aromatic N) is 2. The summed E-state index contributed by atoms with van der Waals surface area (Å²) >= 11 is 6.27. The average Bonchev–Trinajstić information content (AvgIpc) is 2.80. The number of nitrogens with one attached hydrogen (secondary N) is 1. The zero-order valence-corrected chi connectivity index (χ0v) is 14.9. The van der Waals surface area contributed by atoms with Gasteiger partial charge in [-0.3, -0.25) is 0 Å². The van der Waals surface area contributed by atoms with E-state index in [2.05, 4.69) is 31.1 Å². The maximum atomic E-state index is 9.41. The van der Waals surface area contributed by atoms with Crippen LogP contribution in [0.15, 0.2) is 24.3 Å². The summed E-state index contributed by atoms with van der Waals surface area (Å²) in [6.07, 6.45) is 1.51. The summed E-state index contributed by atoms with van der Waals surface area (Å²) in [4.78, 5) is 0. The Balaban J connectivity index is 2.12. The van der Waals surface area contributed by atoms with Gasteiger partial charge in [-0.25, -0.2) is 4.68 Å². The molecule has 0 aliphatic heterocycles. The van der Waals surface area contributed by atoms with Crippen LogP contribution in [0.25, 0.3) is 0 Å². The minimum Gasteiger partial charge on any atom is -0.433 e. The first kappa shape index (κ1) is 17.7. The third kappa shape index (κ3) is 4.66. The fourth-order valence-electron chi connectivity index (χ4n) is 2.47. The van der Waals surface area contributed by atoms with Crippen molar-refractivity contribution in [2.24, 2.45) is 0 Å². The van der Waals surface area contributed by atoms with E-state index in [0.717, 1.165) is 29.8 Å². The molecule has 2 aromatic rings. The summed E-state index contributed by atoms with van der Waals surface area (Å²) in [6.45, 7) is 7.89. The maximum Gasteiger partial charge on any atom is 0.406 e. The molecule has 0 atom stereocenters. The van der Waals surface area contributed by atoms with Crippen molar-refractivity contribution < 1.29 is 5.02 Å². The molecule has 7 heteroatoms. The first-order valence-corrected chi connectivity index (χ1v) is 8.12. The highest BCUT2D eigenvalue weighted by Gasteiger charge is 2.18. The molecule has 0 radical (unpaired) electrons. The number of benzene rings is 1. The second kappa shape index (κ2) is 6.85. The second-order valence-corrected chi connectivity index (χ2v) is 7.18. The summed E-state index contributed by atoms with van der Waals surface area (Å²) in [5.41, 5.74) is 8.71. The van der Waals surface area contributed by atoms with Crippen LogP contribution < -0.4 is 11.0 Å². The molecule has 4 N–H and O–H groups in total. The van der Waals surface area contributed by atoms with Crippen LogP contribution in [0.3, 0.4) is 0 Å². The Labute approximate surface area is 143 Å². The van der Waals surface area contributed by atoms with Crippen molar-refractivity contribution in [1.29, 1.82) is 0 Å². The fourth-order valence-corrected chi connectivity index (χ4v) is 2.68. The van der Waals surface area contributed by atoms with E-state index < -0.39 is 7.05 Å².